The number of rotatable bonds is 3. The summed E-state index contributed by atoms with van der Waals surface area (Å²) in [5, 5.41) is 0. The average Bonchev–Trinajstić information content (AvgIpc) is 2.96. The highest BCUT2D eigenvalue weighted by Crippen LogP contribution is 2.44. The monoisotopic (exact) mass is 226 g/mol. The van der Waals surface area contributed by atoms with Gasteiger partial charge in [0.1, 0.15) is 0 Å². The van der Waals surface area contributed by atoms with Crippen molar-refractivity contribution in [3.63, 3.8) is 0 Å². The number of nitrogens with zero attached hydrogens (tertiary/aromatic N) is 1. The Balaban J connectivity index is 2.12. The van der Waals surface area contributed by atoms with Crippen molar-refractivity contribution < 1.29 is 4.74 Å². The molecule has 0 radical (unpaired) electrons. The van der Waals surface area contributed by atoms with Gasteiger partial charge in [-0.05, 0) is 46.5 Å². The van der Waals surface area contributed by atoms with Crippen molar-refractivity contribution in [2.75, 3.05) is 19.6 Å². The quantitative estimate of drug-likeness (QED) is 0.794. The van der Waals surface area contributed by atoms with Gasteiger partial charge in [-0.3, -0.25) is 4.90 Å². The van der Waals surface area contributed by atoms with Crippen LogP contribution in [0.1, 0.15) is 40.5 Å². The van der Waals surface area contributed by atoms with Gasteiger partial charge in [-0.2, -0.15) is 0 Å². The third-order valence-electron chi connectivity index (χ3n) is 4.16. The molecule has 2 fully saturated rings. The maximum absolute atomic E-state index is 6.03. The van der Waals surface area contributed by atoms with Crippen LogP contribution in [0.5, 0.6) is 0 Å². The van der Waals surface area contributed by atoms with Crippen LogP contribution in [0.4, 0.5) is 0 Å². The summed E-state index contributed by atoms with van der Waals surface area (Å²) >= 11 is 0. The van der Waals surface area contributed by atoms with Crippen LogP contribution >= 0.6 is 0 Å². The first-order valence-electron chi connectivity index (χ1n) is 6.50. The van der Waals surface area contributed by atoms with Crippen molar-refractivity contribution in [3.05, 3.63) is 0 Å². The smallest absolute Gasteiger partial charge is 0.0757 e. The Morgan fingerprint density at radius 1 is 1.44 bits per heavy atom. The van der Waals surface area contributed by atoms with E-state index in [1.165, 1.54) is 12.8 Å². The van der Waals surface area contributed by atoms with Crippen molar-refractivity contribution >= 4 is 0 Å². The summed E-state index contributed by atoms with van der Waals surface area (Å²) in [7, 11) is 0. The first-order valence-corrected chi connectivity index (χ1v) is 6.50. The SMILES string of the molecule is CC1CN(C(C)(CN)C2CC2)CC(C)(C)O1. The zero-order valence-electron chi connectivity index (χ0n) is 11.1. The van der Waals surface area contributed by atoms with Crippen molar-refractivity contribution in [3.8, 4) is 0 Å². The third-order valence-corrected chi connectivity index (χ3v) is 4.16. The van der Waals surface area contributed by atoms with Crippen LogP contribution < -0.4 is 5.73 Å². The van der Waals surface area contributed by atoms with Gasteiger partial charge in [0, 0.05) is 25.2 Å². The van der Waals surface area contributed by atoms with Crippen LogP contribution in [-0.2, 0) is 4.74 Å². The normalized spacial score (nSPS) is 34.7. The first kappa shape index (κ1) is 12.3. The van der Waals surface area contributed by atoms with Crippen LogP contribution in [-0.4, -0.2) is 41.8 Å². The Hall–Kier alpha value is -0.120. The number of ether oxygens (including phenoxy) is 1. The number of hydrogen-bond donors (Lipinski definition) is 1. The molecule has 2 aliphatic rings. The molecule has 0 aromatic heterocycles. The first-order chi connectivity index (χ1) is 7.37. The van der Waals surface area contributed by atoms with E-state index in [1.54, 1.807) is 0 Å². The van der Waals surface area contributed by atoms with Crippen LogP contribution in [0.2, 0.25) is 0 Å². The molecule has 0 spiro atoms. The molecule has 0 aromatic rings. The minimum Gasteiger partial charge on any atom is -0.370 e. The Bertz CT molecular complexity index is 263. The van der Waals surface area contributed by atoms with E-state index in [1.807, 2.05) is 0 Å². The van der Waals surface area contributed by atoms with E-state index >= 15 is 0 Å². The van der Waals surface area contributed by atoms with Crippen molar-refractivity contribution in [1.29, 1.82) is 0 Å². The van der Waals surface area contributed by atoms with Gasteiger partial charge in [-0.1, -0.05) is 0 Å². The molecule has 1 heterocycles. The lowest BCUT2D eigenvalue weighted by Crippen LogP contribution is -2.63. The highest BCUT2D eigenvalue weighted by Gasteiger charge is 2.48. The largest absolute Gasteiger partial charge is 0.370 e. The van der Waals surface area contributed by atoms with E-state index < -0.39 is 0 Å². The summed E-state index contributed by atoms with van der Waals surface area (Å²) < 4.78 is 5.96. The van der Waals surface area contributed by atoms with E-state index in [2.05, 4.69) is 32.6 Å². The Labute approximate surface area is 99.3 Å². The molecule has 0 amide bonds. The van der Waals surface area contributed by atoms with E-state index in [-0.39, 0.29) is 11.1 Å². The van der Waals surface area contributed by atoms with Crippen LogP contribution in [0, 0.1) is 5.92 Å². The summed E-state index contributed by atoms with van der Waals surface area (Å²) in [6.07, 6.45) is 3.01. The number of morpholine rings is 1. The van der Waals surface area contributed by atoms with Gasteiger partial charge in [0.05, 0.1) is 11.7 Å². The van der Waals surface area contributed by atoms with E-state index in [9.17, 15) is 0 Å². The maximum atomic E-state index is 6.03. The van der Waals surface area contributed by atoms with E-state index in [0.717, 1.165) is 25.6 Å². The second-order valence-electron chi connectivity index (χ2n) is 6.40. The van der Waals surface area contributed by atoms with Crippen molar-refractivity contribution in [1.82, 2.24) is 4.90 Å². The molecule has 1 saturated carbocycles. The zero-order valence-corrected chi connectivity index (χ0v) is 11.1. The lowest BCUT2D eigenvalue weighted by molar-refractivity contribution is -0.153. The predicted molar refractivity (Wildman–Crippen MR) is 66.4 cm³/mol. The van der Waals surface area contributed by atoms with E-state index in [4.69, 9.17) is 10.5 Å². The molecule has 3 nitrogen and oxygen atoms in total. The summed E-state index contributed by atoms with van der Waals surface area (Å²) in [4.78, 5) is 2.57. The molecule has 1 saturated heterocycles. The van der Waals surface area contributed by atoms with Gasteiger partial charge in [0.25, 0.3) is 0 Å². The Morgan fingerprint density at radius 2 is 2.06 bits per heavy atom. The molecule has 1 aliphatic carbocycles. The molecule has 2 N–H and O–H groups in total. The second-order valence-corrected chi connectivity index (χ2v) is 6.40. The average molecular weight is 226 g/mol. The minimum absolute atomic E-state index is 0.0387. The number of nitrogens with two attached hydrogens (primary N) is 1. The maximum Gasteiger partial charge on any atom is 0.0757 e. The van der Waals surface area contributed by atoms with Gasteiger partial charge in [0.2, 0.25) is 0 Å². The zero-order chi connectivity index (χ0) is 12.0. The topological polar surface area (TPSA) is 38.5 Å². The fourth-order valence-electron chi connectivity index (χ4n) is 3.10. The van der Waals surface area contributed by atoms with Gasteiger partial charge in [-0.25, -0.2) is 0 Å². The Kier molecular flexibility index (Phi) is 3.06. The molecule has 2 unspecified atom stereocenters. The van der Waals surface area contributed by atoms with Gasteiger partial charge in [-0.15, -0.1) is 0 Å². The molecule has 94 valence electrons. The predicted octanol–water partition coefficient (Wildman–Crippen LogP) is 1.61. The fourth-order valence-corrected chi connectivity index (χ4v) is 3.10. The standard InChI is InChI=1S/C13H26N2O/c1-10-7-15(9-12(2,3)16-10)13(4,8-14)11-5-6-11/h10-11H,5-9,14H2,1-4H3. The summed E-state index contributed by atoms with van der Waals surface area (Å²) in [6.45, 7) is 11.6. The highest BCUT2D eigenvalue weighted by atomic mass is 16.5. The summed E-state index contributed by atoms with van der Waals surface area (Å²) in [6, 6.07) is 0. The molecule has 1 aliphatic heterocycles. The second kappa shape index (κ2) is 3.97. The molecule has 0 bridgehead atoms. The van der Waals surface area contributed by atoms with Gasteiger partial charge in [0.15, 0.2) is 0 Å². The van der Waals surface area contributed by atoms with E-state index in [0.29, 0.717) is 6.10 Å². The van der Waals surface area contributed by atoms with Gasteiger partial charge >= 0.3 is 0 Å². The molecule has 0 aromatic carbocycles. The summed E-state index contributed by atoms with van der Waals surface area (Å²) in [5.41, 5.74) is 6.18. The van der Waals surface area contributed by atoms with Crippen molar-refractivity contribution in [2.24, 2.45) is 11.7 Å². The molecule has 2 atom stereocenters. The Morgan fingerprint density at radius 3 is 2.50 bits per heavy atom. The molecule has 2 rings (SSSR count). The molecular formula is C13H26N2O. The lowest BCUT2D eigenvalue weighted by atomic mass is 9.90. The summed E-state index contributed by atoms with van der Waals surface area (Å²) in [5.74, 6) is 0.804. The third kappa shape index (κ3) is 2.27. The molecular weight excluding hydrogens is 200 g/mol. The fraction of sp³-hybridized carbons (Fsp3) is 1.00. The van der Waals surface area contributed by atoms with Crippen molar-refractivity contribution in [2.45, 2.75) is 57.8 Å². The van der Waals surface area contributed by atoms with Crippen LogP contribution in [0.25, 0.3) is 0 Å². The number of hydrogen-bond acceptors (Lipinski definition) is 3. The molecule has 3 heteroatoms. The van der Waals surface area contributed by atoms with Crippen LogP contribution in [0.15, 0.2) is 0 Å². The minimum atomic E-state index is -0.0387. The van der Waals surface area contributed by atoms with Crippen LogP contribution in [0.3, 0.4) is 0 Å². The highest BCUT2D eigenvalue weighted by molar-refractivity contribution is 5.03. The molecule has 16 heavy (non-hydrogen) atoms. The van der Waals surface area contributed by atoms with Gasteiger partial charge < -0.3 is 10.5 Å². The lowest BCUT2D eigenvalue weighted by Gasteiger charge is -2.50.